The number of nitrogens with two attached hydrogens (primary N) is 1. The Hall–Kier alpha value is -0.120. The molecule has 3 nitrogen and oxygen atoms in total. The molecule has 0 saturated carbocycles. The van der Waals surface area contributed by atoms with Gasteiger partial charge in [-0.25, -0.2) is 0 Å². The van der Waals surface area contributed by atoms with E-state index in [4.69, 9.17) is 5.84 Å². The molecule has 0 spiro atoms. The SMILES string of the molecule is NNC1CCCNCC1. The first-order valence-electron chi connectivity index (χ1n) is 3.60. The van der Waals surface area contributed by atoms with Gasteiger partial charge in [0.05, 0.1) is 0 Å². The van der Waals surface area contributed by atoms with Crippen molar-refractivity contribution >= 4 is 0 Å². The molecule has 54 valence electrons. The topological polar surface area (TPSA) is 50.1 Å². The van der Waals surface area contributed by atoms with Crippen LogP contribution in [0.5, 0.6) is 0 Å². The molecule has 1 aliphatic rings. The predicted molar refractivity (Wildman–Crippen MR) is 37.8 cm³/mol. The number of hydrogen-bond acceptors (Lipinski definition) is 3. The molecule has 1 atom stereocenters. The van der Waals surface area contributed by atoms with Crippen LogP contribution in [0.4, 0.5) is 0 Å². The molecule has 1 unspecified atom stereocenters. The van der Waals surface area contributed by atoms with Crippen molar-refractivity contribution in [3.8, 4) is 0 Å². The Morgan fingerprint density at radius 1 is 1.33 bits per heavy atom. The van der Waals surface area contributed by atoms with E-state index in [2.05, 4.69) is 10.7 Å². The van der Waals surface area contributed by atoms with Crippen LogP contribution in [0.2, 0.25) is 0 Å². The monoisotopic (exact) mass is 129 g/mol. The van der Waals surface area contributed by atoms with Crippen LogP contribution in [0.25, 0.3) is 0 Å². The lowest BCUT2D eigenvalue weighted by molar-refractivity contribution is 0.483. The van der Waals surface area contributed by atoms with E-state index in [-0.39, 0.29) is 0 Å². The molecule has 9 heavy (non-hydrogen) atoms. The molecule has 4 N–H and O–H groups in total. The Labute approximate surface area is 56.0 Å². The summed E-state index contributed by atoms with van der Waals surface area (Å²) in [6, 6.07) is 0.542. The van der Waals surface area contributed by atoms with Crippen molar-refractivity contribution in [2.75, 3.05) is 13.1 Å². The van der Waals surface area contributed by atoms with Gasteiger partial charge >= 0.3 is 0 Å². The second-order valence-electron chi connectivity index (χ2n) is 2.54. The Morgan fingerprint density at radius 3 is 3.00 bits per heavy atom. The zero-order valence-electron chi connectivity index (χ0n) is 5.69. The van der Waals surface area contributed by atoms with E-state index in [1.54, 1.807) is 0 Å². The highest BCUT2D eigenvalue weighted by molar-refractivity contribution is 4.69. The smallest absolute Gasteiger partial charge is 0.0223 e. The number of hydrogen-bond donors (Lipinski definition) is 3. The van der Waals surface area contributed by atoms with Crippen LogP contribution in [-0.4, -0.2) is 19.1 Å². The summed E-state index contributed by atoms with van der Waals surface area (Å²) in [6.45, 7) is 2.26. The van der Waals surface area contributed by atoms with Crippen LogP contribution < -0.4 is 16.6 Å². The van der Waals surface area contributed by atoms with E-state index < -0.39 is 0 Å². The van der Waals surface area contributed by atoms with Crippen LogP contribution in [0.15, 0.2) is 0 Å². The van der Waals surface area contributed by atoms with Crippen molar-refractivity contribution in [1.29, 1.82) is 0 Å². The number of rotatable bonds is 1. The van der Waals surface area contributed by atoms with E-state index in [0.717, 1.165) is 19.5 Å². The zero-order valence-corrected chi connectivity index (χ0v) is 5.69. The fourth-order valence-corrected chi connectivity index (χ4v) is 1.19. The van der Waals surface area contributed by atoms with Crippen molar-refractivity contribution in [3.63, 3.8) is 0 Å². The average molecular weight is 129 g/mol. The van der Waals surface area contributed by atoms with Gasteiger partial charge in [0.1, 0.15) is 0 Å². The lowest BCUT2D eigenvalue weighted by Gasteiger charge is -2.10. The second kappa shape index (κ2) is 3.82. The third kappa shape index (κ3) is 2.30. The Morgan fingerprint density at radius 2 is 2.22 bits per heavy atom. The van der Waals surface area contributed by atoms with Gasteiger partial charge in [0.2, 0.25) is 0 Å². The quantitative estimate of drug-likeness (QED) is 0.333. The highest BCUT2D eigenvalue weighted by Crippen LogP contribution is 2.02. The molecular formula is C6H15N3. The van der Waals surface area contributed by atoms with E-state index in [1.807, 2.05) is 0 Å². The first-order valence-corrected chi connectivity index (χ1v) is 3.60. The highest BCUT2D eigenvalue weighted by Gasteiger charge is 2.08. The maximum absolute atomic E-state index is 5.29. The minimum absolute atomic E-state index is 0.542. The number of nitrogens with one attached hydrogen (secondary N) is 2. The molecule has 1 saturated heterocycles. The molecule has 0 aromatic carbocycles. The summed E-state index contributed by atoms with van der Waals surface area (Å²) in [5, 5.41) is 3.32. The minimum atomic E-state index is 0.542. The summed E-state index contributed by atoms with van der Waals surface area (Å²) in [6.07, 6.45) is 3.62. The normalized spacial score (nSPS) is 29.7. The third-order valence-corrected chi connectivity index (χ3v) is 1.81. The van der Waals surface area contributed by atoms with Crippen LogP contribution in [-0.2, 0) is 0 Å². The summed E-state index contributed by atoms with van der Waals surface area (Å²) in [7, 11) is 0. The van der Waals surface area contributed by atoms with Gasteiger partial charge in [-0.2, -0.15) is 0 Å². The average Bonchev–Trinajstić information content (AvgIpc) is 2.13. The largest absolute Gasteiger partial charge is 0.317 e. The Kier molecular flexibility index (Phi) is 2.97. The third-order valence-electron chi connectivity index (χ3n) is 1.81. The van der Waals surface area contributed by atoms with Gasteiger partial charge in [-0.15, -0.1) is 0 Å². The van der Waals surface area contributed by atoms with Crippen molar-refractivity contribution in [2.24, 2.45) is 5.84 Å². The Bertz CT molecular complexity index is 66.7. The van der Waals surface area contributed by atoms with Crippen molar-refractivity contribution < 1.29 is 0 Å². The molecule has 0 aromatic heterocycles. The lowest BCUT2D eigenvalue weighted by atomic mass is 10.1. The standard InChI is InChI=1S/C6H15N3/c7-9-6-2-1-4-8-5-3-6/h6,8-9H,1-5,7H2. The van der Waals surface area contributed by atoms with Crippen LogP contribution in [0.1, 0.15) is 19.3 Å². The molecule has 0 aliphatic carbocycles. The second-order valence-corrected chi connectivity index (χ2v) is 2.54. The lowest BCUT2D eigenvalue weighted by Crippen LogP contribution is -2.35. The Balaban J connectivity index is 2.18. The van der Waals surface area contributed by atoms with Gasteiger partial charge in [0.25, 0.3) is 0 Å². The highest BCUT2D eigenvalue weighted by atomic mass is 15.2. The molecule has 1 rings (SSSR count). The van der Waals surface area contributed by atoms with Crippen molar-refractivity contribution in [3.05, 3.63) is 0 Å². The fourth-order valence-electron chi connectivity index (χ4n) is 1.19. The van der Waals surface area contributed by atoms with Gasteiger partial charge in [0.15, 0.2) is 0 Å². The number of hydrazine groups is 1. The molecule has 0 amide bonds. The molecule has 0 radical (unpaired) electrons. The molecule has 1 heterocycles. The van der Waals surface area contributed by atoms with Crippen molar-refractivity contribution in [1.82, 2.24) is 10.7 Å². The van der Waals surface area contributed by atoms with Gasteiger partial charge < -0.3 is 5.32 Å². The first kappa shape index (κ1) is 6.99. The van der Waals surface area contributed by atoms with E-state index in [0.29, 0.717) is 6.04 Å². The summed E-state index contributed by atoms with van der Waals surface area (Å²) in [5.41, 5.74) is 2.80. The summed E-state index contributed by atoms with van der Waals surface area (Å²) in [4.78, 5) is 0. The first-order chi connectivity index (χ1) is 4.43. The van der Waals surface area contributed by atoms with E-state index in [9.17, 15) is 0 Å². The van der Waals surface area contributed by atoms with Gasteiger partial charge in [-0.05, 0) is 32.4 Å². The molecular weight excluding hydrogens is 114 g/mol. The van der Waals surface area contributed by atoms with Gasteiger partial charge in [0, 0.05) is 6.04 Å². The van der Waals surface area contributed by atoms with Gasteiger partial charge in [-0.1, -0.05) is 0 Å². The molecule has 0 aromatic rings. The summed E-state index contributed by atoms with van der Waals surface area (Å²) < 4.78 is 0. The van der Waals surface area contributed by atoms with Crippen LogP contribution in [0.3, 0.4) is 0 Å². The molecule has 1 fully saturated rings. The van der Waals surface area contributed by atoms with E-state index >= 15 is 0 Å². The fraction of sp³-hybridized carbons (Fsp3) is 1.00. The molecule has 0 bridgehead atoms. The van der Waals surface area contributed by atoms with Crippen LogP contribution >= 0.6 is 0 Å². The summed E-state index contributed by atoms with van der Waals surface area (Å²) >= 11 is 0. The molecule has 3 heteroatoms. The molecule has 1 aliphatic heterocycles. The maximum atomic E-state index is 5.29. The zero-order chi connectivity index (χ0) is 6.53. The van der Waals surface area contributed by atoms with E-state index in [1.165, 1.54) is 12.8 Å². The maximum Gasteiger partial charge on any atom is 0.0223 e. The summed E-state index contributed by atoms with van der Waals surface area (Å²) in [5.74, 6) is 5.29. The minimum Gasteiger partial charge on any atom is -0.317 e. The van der Waals surface area contributed by atoms with Gasteiger partial charge in [-0.3, -0.25) is 11.3 Å². The predicted octanol–water partition coefficient (Wildman–Crippen LogP) is -0.408. The van der Waals surface area contributed by atoms with Crippen molar-refractivity contribution in [2.45, 2.75) is 25.3 Å². The van der Waals surface area contributed by atoms with Crippen LogP contribution in [0, 0.1) is 0 Å².